The molecular weight excluding hydrogens is 314 g/mol. The van der Waals surface area contributed by atoms with E-state index in [-0.39, 0.29) is 11.8 Å². The Morgan fingerprint density at radius 2 is 1.76 bits per heavy atom. The molecule has 1 N–H and O–H groups in total. The number of piperidine rings is 1. The Labute approximate surface area is 148 Å². The zero-order valence-corrected chi connectivity index (χ0v) is 14.7. The molecule has 1 aliphatic heterocycles. The van der Waals surface area contributed by atoms with Crippen LogP contribution in [-0.2, 0) is 0 Å². The van der Waals surface area contributed by atoms with Crippen LogP contribution in [0.15, 0.2) is 42.7 Å². The Hall–Kier alpha value is -2.69. The first-order valence-corrected chi connectivity index (χ1v) is 8.66. The Morgan fingerprint density at radius 3 is 2.40 bits per heavy atom. The third kappa shape index (κ3) is 4.05. The average Bonchev–Trinajstić information content (AvgIpc) is 2.64. The van der Waals surface area contributed by atoms with Crippen molar-refractivity contribution in [2.24, 2.45) is 5.92 Å². The van der Waals surface area contributed by atoms with E-state index in [4.69, 9.17) is 0 Å². The van der Waals surface area contributed by atoms with Gasteiger partial charge in [0.1, 0.15) is 0 Å². The fourth-order valence-electron chi connectivity index (χ4n) is 3.03. The molecule has 1 aromatic carbocycles. The average molecular weight is 337 g/mol. The van der Waals surface area contributed by atoms with Crippen molar-refractivity contribution in [3.63, 3.8) is 0 Å². The molecule has 0 atom stereocenters. The standard InChI is InChI=1S/C20H23N3O2/c1-14-7-11-23(12-8-14)20(25)17-3-4-18(15(2)13-17)22-19(24)16-5-9-21-10-6-16/h3-6,9-10,13-14H,7-8,11-12H2,1-2H3,(H,22,24). The van der Waals surface area contributed by atoms with E-state index < -0.39 is 0 Å². The highest BCUT2D eigenvalue weighted by Crippen LogP contribution is 2.21. The third-order valence-electron chi connectivity index (χ3n) is 4.73. The van der Waals surface area contributed by atoms with E-state index in [0.717, 1.165) is 31.5 Å². The second kappa shape index (κ2) is 7.47. The van der Waals surface area contributed by atoms with Crippen LogP contribution in [0.3, 0.4) is 0 Å². The molecule has 0 aliphatic carbocycles. The first-order valence-electron chi connectivity index (χ1n) is 8.66. The van der Waals surface area contributed by atoms with Crippen LogP contribution >= 0.6 is 0 Å². The maximum absolute atomic E-state index is 12.6. The number of hydrogen-bond acceptors (Lipinski definition) is 3. The Balaban J connectivity index is 1.70. The lowest BCUT2D eigenvalue weighted by atomic mass is 9.98. The molecule has 5 heteroatoms. The molecule has 25 heavy (non-hydrogen) atoms. The fraction of sp³-hybridized carbons (Fsp3) is 0.350. The normalized spacial score (nSPS) is 15.0. The molecule has 2 amide bonds. The van der Waals surface area contributed by atoms with Crippen molar-refractivity contribution in [2.45, 2.75) is 26.7 Å². The number of pyridine rings is 1. The minimum absolute atomic E-state index is 0.0713. The molecule has 1 fully saturated rings. The van der Waals surface area contributed by atoms with Gasteiger partial charge in [-0.3, -0.25) is 14.6 Å². The summed E-state index contributed by atoms with van der Waals surface area (Å²) in [4.78, 5) is 30.7. The molecule has 2 aromatic rings. The summed E-state index contributed by atoms with van der Waals surface area (Å²) in [7, 11) is 0. The first-order chi connectivity index (χ1) is 12.0. The molecule has 130 valence electrons. The number of amides is 2. The fourth-order valence-corrected chi connectivity index (χ4v) is 3.03. The molecule has 0 spiro atoms. The molecule has 3 rings (SSSR count). The number of carbonyl (C=O) groups excluding carboxylic acids is 2. The summed E-state index contributed by atoms with van der Waals surface area (Å²) >= 11 is 0. The number of aromatic nitrogens is 1. The van der Waals surface area contributed by atoms with Crippen molar-refractivity contribution in [3.8, 4) is 0 Å². The minimum atomic E-state index is -0.186. The van der Waals surface area contributed by atoms with Crippen LogP contribution in [0.4, 0.5) is 5.69 Å². The smallest absolute Gasteiger partial charge is 0.255 e. The van der Waals surface area contributed by atoms with E-state index in [1.54, 1.807) is 36.7 Å². The lowest BCUT2D eigenvalue weighted by Gasteiger charge is -2.30. The van der Waals surface area contributed by atoms with Gasteiger partial charge in [-0.25, -0.2) is 0 Å². The number of hydrogen-bond donors (Lipinski definition) is 1. The van der Waals surface area contributed by atoms with E-state index in [1.807, 2.05) is 17.9 Å². The van der Waals surface area contributed by atoms with E-state index in [9.17, 15) is 9.59 Å². The third-order valence-corrected chi connectivity index (χ3v) is 4.73. The summed E-state index contributed by atoms with van der Waals surface area (Å²) in [6.07, 6.45) is 5.29. The highest BCUT2D eigenvalue weighted by Gasteiger charge is 2.21. The lowest BCUT2D eigenvalue weighted by molar-refractivity contribution is 0.0697. The second-order valence-electron chi connectivity index (χ2n) is 6.69. The van der Waals surface area contributed by atoms with Crippen molar-refractivity contribution in [1.82, 2.24) is 9.88 Å². The van der Waals surface area contributed by atoms with Crippen LogP contribution in [0.25, 0.3) is 0 Å². The van der Waals surface area contributed by atoms with E-state index in [0.29, 0.717) is 22.7 Å². The maximum atomic E-state index is 12.6. The summed E-state index contributed by atoms with van der Waals surface area (Å²) in [5.74, 6) is 0.577. The predicted octanol–water partition coefficient (Wildman–Crippen LogP) is 3.51. The zero-order chi connectivity index (χ0) is 17.8. The van der Waals surface area contributed by atoms with Crippen molar-refractivity contribution in [3.05, 3.63) is 59.4 Å². The highest BCUT2D eigenvalue weighted by atomic mass is 16.2. The van der Waals surface area contributed by atoms with Crippen LogP contribution in [0.2, 0.25) is 0 Å². The summed E-state index contributed by atoms with van der Waals surface area (Å²) in [6, 6.07) is 8.77. The number of benzene rings is 1. The molecule has 1 saturated heterocycles. The Bertz CT molecular complexity index is 766. The molecule has 5 nitrogen and oxygen atoms in total. The van der Waals surface area contributed by atoms with Crippen molar-refractivity contribution in [1.29, 1.82) is 0 Å². The molecule has 0 bridgehead atoms. The van der Waals surface area contributed by atoms with Crippen molar-refractivity contribution in [2.75, 3.05) is 18.4 Å². The highest BCUT2D eigenvalue weighted by molar-refractivity contribution is 6.05. The van der Waals surface area contributed by atoms with Gasteiger partial charge in [0.15, 0.2) is 0 Å². The van der Waals surface area contributed by atoms with Crippen LogP contribution in [0.1, 0.15) is 46.0 Å². The summed E-state index contributed by atoms with van der Waals surface area (Å²) in [5, 5.41) is 2.89. The largest absolute Gasteiger partial charge is 0.339 e. The van der Waals surface area contributed by atoms with Crippen LogP contribution in [0.5, 0.6) is 0 Å². The monoisotopic (exact) mass is 337 g/mol. The quantitative estimate of drug-likeness (QED) is 0.932. The SMILES string of the molecule is Cc1cc(C(=O)N2CCC(C)CC2)ccc1NC(=O)c1ccncc1. The van der Waals surface area contributed by atoms with Crippen LogP contribution in [0, 0.1) is 12.8 Å². The lowest BCUT2D eigenvalue weighted by Crippen LogP contribution is -2.37. The van der Waals surface area contributed by atoms with Gasteiger partial charge in [0.05, 0.1) is 0 Å². The topological polar surface area (TPSA) is 62.3 Å². The van der Waals surface area contributed by atoms with Gasteiger partial charge in [-0.15, -0.1) is 0 Å². The van der Waals surface area contributed by atoms with E-state index in [2.05, 4.69) is 17.2 Å². The van der Waals surface area contributed by atoms with Crippen LogP contribution < -0.4 is 5.32 Å². The minimum Gasteiger partial charge on any atom is -0.339 e. The summed E-state index contributed by atoms with van der Waals surface area (Å²) in [5.41, 5.74) is 2.82. The molecule has 2 heterocycles. The second-order valence-corrected chi connectivity index (χ2v) is 6.69. The van der Waals surface area contributed by atoms with Crippen LogP contribution in [-0.4, -0.2) is 34.8 Å². The first kappa shape index (κ1) is 17.1. The van der Waals surface area contributed by atoms with E-state index in [1.165, 1.54) is 0 Å². The summed E-state index contributed by atoms with van der Waals surface area (Å²) < 4.78 is 0. The Morgan fingerprint density at radius 1 is 1.08 bits per heavy atom. The number of nitrogens with zero attached hydrogens (tertiary/aromatic N) is 2. The maximum Gasteiger partial charge on any atom is 0.255 e. The van der Waals surface area contributed by atoms with Gasteiger partial charge in [0.25, 0.3) is 11.8 Å². The molecule has 0 radical (unpaired) electrons. The van der Waals surface area contributed by atoms with Gasteiger partial charge in [-0.2, -0.15) is 0 Å². The molecule has 0 unspecified atom stereocenters. The molecule has 0 saturated carbocycles. The molecular formula is C20H23N3O2. The van der Waals surface area contributed by atoms with Gasteiger partial charge in [-0.1, -0.05) is 6.92 Å². The number of aryl methyl sites for hydroxylation is 1. The predicted molar refractivity (Wildman–Crippen MR) is 97.7 cm³/mol. The van der Waals surface area contributed by atoms with Gasteiger partial charge >= 0.3 is 0 Å². The zero-order valence-electron chi connectivity index (χ0n) is 14.7. The molecule has 1 aromatic heterocycles. The van der Waals surface area contributed by atoms with Gasteiger partial charge in [0, 0.05) is 42.3 Å². The summed E-state index contributed by atoms with van der Waals surface area (Å²) in [6.45, 7) is 5.77. The van der Waals surface area contributed by atoms with Gasteiger partial charge < -0.3 is 10.2 Å². The van der Waals surface area contributed by atoms with Gasteiger partial charge in [-0.05, 0) is 61.6 Å². The number of nitrogens with one attached hydrogen (secondary N) is 1. The number of rotatable bonds is 3. The van der Waals surface area contributed by atoms with Crippen molar-refractivity contribution < 1.29 is 9.59 Å². The number of carbonyl (C=O) groups is 2. The number of anilines is 1. The Kier molecular flexibility index (Phi) is 5.12. The van der Waals surface area contributed by atoms with Crippen molar-refractivity contribution >= 4 is 17.5 Å². The molecule has 1 aliphatic rings. The number of likely N-dealkylation sites (tertiary alicyclic amines) is 1. The van der Waals surface area contributed by atoms with Gasteiger partial charge in [0.2, 0.25) is 0 Å². The van der Waals surface area contributed by atoms with E-state index >= 15 is 0 Å².